The first-order chi connectivity index (χ1) is 15.5. The molecule has 0 aliphatic carbocycles. The Hall–Kier alpha value is -0.600. The van der Waals surface area contributed by atoms with E-state index in [-0.39, 0.29) is 0 Å². The van der Waals surface area contributed by atoms with Gasteiger partial charge in [0.15, 0.2) is 18.9 Å². The predicted molar refractivity (Wildman–Crippen MR) is 99.8 cm³/mol. The highest BCUT2D eigenvalue weighted by Crippen LogP contribution is 2.31. The molecule has 15 nitrogen and oxygen atoms in total. The molecule has 15 heteroatoms. The Morgan fingerprint density at radius 1 is 0.545 bits per heavy atom. The molecule has 0 aromatic rings. The lowest BCUT2D eigenvalue weighted by Crippen LogP contribution is -2.65. The highest BCUT2D eigenvalue weighted by atomic mass is 16.7. The molecule has 3 fully saturated rings. The highest BCUT2D eigenvalue weighted by molar-refractivity contribution is 4.95. The standard InChI is InChI=1S/C18H32O15/c1-4-14(32-18-11(25)9(23)7(21)5(2-19)31-18)10(24)12(26)17(29-4)33-15-8(22)6(3-20)30-16(28)13(15)27/h4-28H,2-3H2,1H3/t4-,5+,6+,7+,8-,9-,10-,11-,12+,13+,14-,15-,16+,17-,18-/m0/s1. The molecule has 10 N–H and O–H groups in total. The molecule has 0 bridgehead atoms. The Morgan fingerprint density at radius 3 is 1.67 bits per heavy atom. The molecule has 194 valence electrons. The molecule has 33 heavy (non-hydrogen) atoms. The molecule has 0 unspecified atom stereocenters. The van der Waals surface area contributed by atoms with E-state index in [0.29, 0.717) is 0 Å². The van der Waals surface area contributed by atoms with Gasteiger partial charge in [-0.15, -0.1) is 0 Å². The minimum atomic E-state index is -1.82. The summed E-state index contributed by atoms with van der Waals surface area (Å²) in [6, 6.07) is 0. The van der Waals surface area contributed by atoms with E-state index in [1.165, 1.54) is 6.92 Å². The number of rotatable bonds is 6. The van der Waals surface area contributed by atoms with Gasteiger partial charge in [0.05, 0.1) is 19.3 Å². The van der Waals surface area contributed by atoms with Crippen LogP contribution < -0.4 is 0 Å². The summed E-state index contributed by atoms with van der Waals surface area (Å²) in [4.78, 5) is 0. The van der Waals surface area contributed by atoms with Crippen LogP contribution in [0.4, 0.5) is 0 Å². The second kappa shape index (κ2) is 11.0. The Balaban J connectivity index is 1.67. The minimum Gasteiger partial charge on any atom is -0.394 e. The van der Waals surface area contributed by atoms with E-state index in [1.807, 2.05) is 0 Å². The van der Waals surface area contributed by atoms with Crippen LogP contribution in [0.3, 0.4) is 0 Å². The largest absolute Gasteiger partial charge is 0.394 e. The van der Waals surface area contributed by atoms with Crippen molar-refractivity contribution in [3.8, 4) is 0 Å². The predicted octanol–water partition coefficient (Wildman–Crippen LogP) is -6.55. The molecule has 0 amide bonds. The van der Waals surface area contributed by atoms with Crippen molar-refractivity contribution in [1.82, 2.24) is 0 Å². The third-order valence-corrected chi connectivity index (χ3v) is 6.05. The van der Waals surface area contributed by atoms with Crippen LogP contribution in [0.25, 0.3) is 0 Å². The van der Waals surface area contributed by atoms with Crippen LogP contribution in [0.2, 0.25) is 0 Å². The van der Waals surface area contributed by atoms with Crippen molar-refractivity contribution in [2.45, 2.75) is 99.0 Å². The maximum Gasteiger partial charge on any atom is 0.187 e. The van der Waals surface area contributed by atoms with Crippen LogP contribution in [0.15, 0.2) is 0 Å². The number of aliphatic hydroxyl groups excluding tert-OH is 10. The molecule has 3 saturated heterocycles. The number of hydrogen-bond acceptors (Lipinski definition) is 15. The van der Waals surface area contributed by atoms with Crippen molar-refractivity contribution < 1.29 is 74.7 Å². The summed E-state index contributed by atoms with van der Waals surface area (Å²) in [5.74, 6) is 0. The molecule has 3 rings (SSSR count). The third kappa shape index (κ3) is 5.32. The van der Waals surface area contributed by atoms with Gasteiger partial charge < -0.3 is 74.7 Å². The van der Waals surface area contributed by atoms with E-state index in [1.54, 1.807) is 0 Å². The molecule has 0 aromatic heterocycles. The zero-order chi connectivity index (χ0) is 24.6. The lowest BCUT2D eigenvalue weighted by atomic mass is 9.96. The van der Waals surface area contributed by atoms with Gasteiger partial charge in [-0.25, -0.2) is 0 Å². The first kappa shape index (κ1) is 27.0. The monoisotopic (exact) mass is 488 g/mol. The summed E-state index contributed by atoms with van der Waals surface area (Å²) < 4.78 is 26.5. The molecule has 0 aromatic carbocycles. The third-order valence-electron chi connectivity index (χ3n) is 6.05. The summed E-state index contributed by atoms with van der Waals surface area (Å²) in [6.07, 6.45) is -23.5. The van der Waals surface area contributed by atoms with Crippen molar-refractivity contribution in [3.05, 3.63) is 0 Å². The normalized spacial score (nSPS) is 53.7. The summed E-state index contributed by atoms with van der Waals surface area (Å²) in [6.45, 7) is 0.00827. The van der Waals surface area contributed by atoms with Crippen LogP contribution in [0, 0.1) is 0 Å². The van der Waals surface area contributed by atoms with Crippen molar-refractivity contribution in [3.63, 3.8) is 0 Å². The minimum absolute atomic E-state index is 0.695. The lowest BCUT2D eigenvalue weighted by Gasteiger charge is -2.47. The van der Waals surface area contributed by atoms with Crippen molar-refractivity contribution in [2.24, 2.45) is 0 Å². The summed E-state index contributed by atoms with van der Waals surface area (Å²) >= 11 is 0. The molecular weight excluding hydrogens is 456 g/mol. The molecule has 0 saturated carbocycles. The molecule has 3 aliphatic heterocycles. The fourth-order valence-corrected chi connectivity index (χ4v) is 4.02. The van der Waals surface area contributed by atoms with E-state index in [9.17, 15) is 51.1 Å². The Labute approximate surface area is 187 Å². The van der Waals surface area contributed by atoms with Crippen molar-refractivity contribution >= 4 is 0 Å². The smallest absolute Gasteiger partial charge is 0.187 e. The van der Waals surface area contributed by atoms with E-state index >= 15 is 0 Å². The van der Waals surface area contributed by atoms with E-state index in [4.69, 9.17) is 23.7 Å². The number of aliphatic hydroxyl groups is 10. The SMILES string of the molecule is C[C@@H]1O[C@@H](O[C@@H]2[C@@H](O)[C@H](O)O[C@H](CO)[C@@H]2O)[C@H](O)[C@H](O)[C@H]1O[C@@H]1O[C@H](CO)[C@@H](O)[C@H](O)[C@@H]1O. The molecule has 0 spiro atoms. The highest BCUT2D eigenvalue weighted by Gasteiger charge is 2.52. The molecule has 3 heterocycles. The quantitative estimate of drug-likeness (QED) is 0.167. The summed E-state index contributed by atoms with van der Waals surface area (Å²) in [7, 11) is 0. The average Bonchev–Trinajstić information content (AvgIpc) is 2.79. The Kier molecular flexibility index (Phi) is 8.99. The fourth-order valence-electron chi connectivity index (χ4n) is 4.02. The van der Waals surface area contributed by atoms with Crippen molar-refractivity contribution in [1.29, 1.82) is 0 Å². The van der Waals surface area contributed by atoms with Gasteiger partial charge in [0.25, 0.3) is 0 Å². The Bertz CT molecular complexity index is 624. The van der Waals surface area contributed by atoms with Gasteiger partial charge in [-0.05, 0) is 6.92 Å². The van der Waals surface area contributed by atoms with Crippen LogP contribution in [0.1, 0.15) is 6.92 Å². The number of hydrogen-bond donors (Lipinski definition) is 10. The zero-order valence-electron chi connectivity index (χ0n) is 17.6. The molecular formula is C18H32O15. The van der Waals surface area contributed by atoms with E-state index in [0.717, 1.165) is 0 Å². The van der Waals surface area contributed by atoms with Gasteiger partial charge in [-0.1, -0.05) is 0 Å². The number of ether oxygens (including phenoxy) is 5. The van der Waals surface area contributed by atoms with Gasteiger partial charge in [0.1, 0.15) is 67.1 Å². The maximum absolute atomic E-state index is 10.6. The summed E-state index contributed by atoms with van der Waals surface area (Å²) in [5.41, 5.74) is 0. The van der Waals surface area contributed by atoms with Gasteiger partial charge in [-0.3, -0.25) is 0 Å². The molecule has 0 radical (unpaired) electrons. The average molecular weight is 488 g/mol. The van der Waals surface area contributed by atoms with Crippen molar-refractivity contribution in [2.75, 3.05) is 13.2 Å². The molecule has 15 atom stereocenters. The fraction of sp³-hybridized carbons (Fsp3) is 1.00. The summed E-state index contributed by atoms with van der Waals surface area (Å²) in [5, 5.41) is 99.5. The topological polar surface area (TPSA) is 248 Å². The van der Waals surface area contributed by atoms with Gasteiger partial charge in [0, 0.05) is 0 Å². The lowest BCUT2D eigenvalue weighted by molar-refractivity contribution is -0.374. The van der Waals surface area contributed by atoms with Crippen LogP contribution >= 0.6 is 0 Å². The van der Waals surface area contributed by atoms with E-state index < -0.39 is 105 Å². The second-order valence-electron chi connectivity index (χ2n) is 8.32. The first-order valence-corrected chi connectivity index (χ1v) is 10.4. The molecule has 3 aliphatic rings. The Morgan fingerprint density at radius 2 is 1.06 bits per heavy atom. The first-order valence-electron chi connectivity index (χ1n) is 10.4. The zero-order valence-corrected chi connectivity index (χ0v) is 17.6. The maximum atomic E-state index is 10.6. The van der Waals surface area contributed by atoms with Crippen LogP contribution in [-0.4, -0.2) is 156 Å². The van der Waals surface area contributed by atoms with Crippen LogP contribution in [-0.2, 0) is 23.7 Å². The second-order valence-corrected chi connectivity index (χ2v) is 8.32. The van der Waals surface area contributed by atoms with Gasteiger partial charge >= 0.3 is 0 Å². The van der Waals surface area contributed by atoms with Crippen LogP contribution in [0.5, 0.6) is 0 Å². The van der Waals surface area contributed by atoms with E-state index in [2.05, 4.69) is 0 Å². The van der Waals surface area contributed by atoms with Gasteiger partial charge in [-0.2, -0.15) is 0 Å². The van der Waals surface area contributed by atoms with Gasteiger partial charge in [0.2, 0.25) is 0 Å².